The lowest BCUT2D eigenvalue weighted by atomic mass is 10.2. The van der Waals surface area contributed by atoms with Crippen LogP contribution in [0.5, 0.6) is 0 Å². The Morgan fingerprint density at radius 1 is 1.03 bits per heavy atom. The zero-order valence-electron chi connectivity index (χ0n) is 17.1. The van der Waals surface area contributed by atoms with Crippen LogP contribution in [0.1, 0.15) is 16.2 Å². The van der Waals surface area contributed by atoms with E-state index in [1.807, 2.05) is 30.3 Å². The van der Waals surface area contributed by atoms with Crippen LogP contribution < -0.4 is 4.90 Å². The number of hydrogen-bond acceptors (Lipinski definition) is 5. The fraction of sp³-hybridized carbons (Fsp3) is 0.227. The minimum absolute atomic E-state index is 0.127. The van der Waals surface area contributed by atoms with Crippen LogP contribution in [0.2, 0.25) is 5.02 Å². The molecule has 1 aromatic carbocycles. The number of anilines is 1. The normalized spacial score (nSPS) is 14.8. The van der Waals surface area contributed by atoms with Gasteiger partial charge in [0.25, 0.3) is 5.91 Å². The van der Waals surface area contributed by atoms with Crippen molar-refractivity contribution < 1.29 is 18.0 Å². The van der Waals surface area contributed by atoms with E-state index in [9.17, 15) is 18.0 Å². The van der Waals surface area contributed by atoms with E-state index >= 15 is 0 Å². The number of alkyl halides is 3. The molecular formula is C22H17ClF3N5OS. The summed E-state index contributed by atoms with van der Waals surface area (Å²) in [7, 11) is 0. The summed E-state index contributed by atoms with van der Waals surface area (Å²) in [6.07, 6.45) is -4.70. The monoisotopic (exact) mass is 491 g/mol. The van der Waals surface area contributed by atoms with Gasteiger partial charge in [0, 0.05) is 31.9 Å². The summed E-state index contributed by atoms with van der Waals surface area (Å²) in [5, 5.41) is 5.52. The van der Waals surface area contributed by atoms with Crippen molar-refractivity contribution in [3.63, 3.8) is 0 Å². The van der Waals surface area contributed by atoms with Gasteiger partial charge < -0.3 is 9.80 Å². The number of benzene rings is 1. The van der Waals surface area contributed by atoms with Crippen LogP contribution in [0.4, 0.5) is 18.9 Å². The first-order chi connectivity index (χ1) is 15.8. The maximum absolute atomic E-state index is 13.8. The number of rotatable bonds is 3. The Morgan fingerprint density at radius 3 is 2.39 bits per heavy atom. The van der Waals surface area contributed by atoms with Crippen molar-refractivity contribution in [3.05, 3.63) is 70.3 Å². The van der Waals surface area contributed by atoms with Gasteiger partial charge in [0.2, 0.25) is 0 Å². The van der Waals surface area contributed by atoms with E-state index in [4.69, 9.17) is 11.6 Å². The first-order valence-electron chi connectivity index (χ1n) is 10.1. The van der Waals surface area contributed by atoms with Gasteiger partial charge in [0.15, 0.2) is 17.0 Å². The molecule has 4 heterocycles. The summed E-state index contributed by atoms with van der Waals surface area (Å²) in [5.74, 6) is -0.510. The molecule has 33 heavy (non-hydrogen) atoms. The lowest BCUT2D eigenvalue weighted by molar-refractivity contribution is -0.142. The maximum atomic E-state index is 13.8. The van der Waals surface area contributed by atoms with Crippen LogP contribution in [0.25, 0.3) is 16.2 Å². The molecule has 0 aliphatic carbocycles. The average Bonchev–Trinajstić information content (AvgIpc) is 3.47. The molecule has 0 N–H and O–H groups in total. The predicted molar refractivity (Wildman–Crippen MR) is 121 cm³/mol. The molecule has 4 aromatic rings. The Hall–Kier alpha value is -3.11. The van der Waals surface area contributed by atoms with Gasteiger partial charge >= 0.3 is 6.18 Å². The number of nitrogens with zero attached hydrogens (tertiary/aromatic N) is 5. The van der Waals surface area contributed by atoms with Gasteiger partial charge in [-0.05, 0) is 29.6 Å². The van der Waals surface area contributed by atoms with Gasteiger partial charge in [-0.1, -0.05) is 35.9 Å². The molecule has 1 saturated heterocycles. The van der Waals surface area contributed by atoms with Crippen molar-refractivity contribution in [2.75, 3.05) is 31.1 Å². The zero-order chi connectivity index (χ0) is 23.2. The third kappa shape index (κ3) is 4.04. The summed E-state index contributed by atoms with van der Waals surface area (Å²) < 4.78 is 42.1. The highest BCUT2D eigenvalue weighted by Gasteiger charge is 2.37. The lowest BCUT2D eigenvalue weighted by Gasteiger charge is -2.35. The standard InChI is InChI=1S/C22H17ClF3N5OS/c23-18-19(21(32)30-10-8-29(9-11-30)14-5-2-1-3-6-14)28-31-17(22(24,25)26)13-15(27-20(18)31)16-7-4-12-33-16/h1-7,12-13H,8-11H2. The molecule has 5 rings (SSSR count). The number of aromatic nitrogens is 3. The van der Waals surface area contributed by atoms with E-state index in [0.717, 1.165) is 11.8 Å². The second-order valence-corrected chi connectivity index (χ2v) is 8.84. The van der Waals surface area contributed by atoms with Gasteiger partial charge in [-0.25, -0.2) is 9.50 Å². The minimum Gasteiger partial charge on any atom is -0.368 e. The number of para-hydroxylation sites is 1. The highest BCUT2D eigenvalue weighted by atomic mass is 35.5. The number of piperazine rings is 1. The van der Waals surface area contributed by atoms with E-state index in [1.165, 1.54) is 11.3 Å². The van der Waals surface area contributed by atoms with Gasteiger partial charge in [-0.15, -0.1) is 11.3 Å². The Labute approximate surface area is 195 Å². The molecule has 0 atom stereocenters. The summed E-state index contributed by atoms with van der Waals surface area (Å²) in [6.45, 7) is 1.99. The predicted octanol–water partition coefficient (Wildman–Crippen LogP) is 5.09. The topological polar surface area (TPSA) is 53.7 Å². The molecule has 0 saturated carbocycles. The number of hydrogen-bond donors (Lipinski definition) is 0. The molecule has 3 aromatic heterocycles. The Bertz CT molecular complexity index is 1300. The van der Waals surface area contributed by atoms with Gasteiger partial charge in [-0.2, -0.15) is 18.3 Å². The van der Waals surface area contributed by atoms with Crippen molar-refractivity contribution in [2.45, 2.75) is 6.18 Å². The maximum Gasteiger partial charge on any atom is 0.433 e. The molecule has 6 nitrogen and oxygen atoms in total. The fourth-order valence-corrected chi connectivity index (χ4v) is 4.76. The first kappa shape index (κ1) is 21.7. The SMILES string of the molecule is O=C(c1nn2c(C(F)(F)F)cc(-c3cccs3)nc2c1Cl)N1CCN(c2ccccc2)CC1. The molecule has 1 aliphatic heterocycles. The summed E-state index contributed by atoms with van der Waals surface area (Å²) in [4.78, 5) is 21.7. The van der Waals surface area contributed by atoms with Crippen molar-refractivity contribution in [3.8, 4) is 10.6 Å². The van der Waals surface area contributed by atoms with Crippen molar-refractivity contribution in [2.24, 2.45) is 0 Å². The number of carbonyl (C=O) groups is 1. The highest BCUT2D eigenvalue weighted by Crippen LogP contribution is 2.35. The minimum atomic E-state index is -4.70. The Morgan fingerprint density at radius 2 is 1.76 bits per heavy atom. The molecule has 1 amide bonds. The molecule has 0 radical (unpaired) electrons. The van der Waals surface area contributed by atoms with Crippen molar-refractivity contribution in [1.29, 1.82) is 0 Å². The van der Waals surface area contributed by atoms with E-state index in [2.05, 4.69) is 15.0 Å². The second-order valence-electron chi connectivity index (χ2n) is 7.51. The number of thiophene rings is 1. The summed E-state index contributed by atoms with van der Waals surface area (Å²) >= 11 is 7.65. The smallest absolute Gasteiger partial charge is 0.368 e. The second kappa shape index (κ2) is 8.35. The van der Waals surface area contributed by atoms with Gasteiger partial charge in [0.05, 0.1) is 10.6 Å². The first-order valence-corrected chi connectivity index (χ1v) is 11.4. The van der Waals surface area contributed by atoms with E-state index in [0.29, 0.717) is 35.6 Å². The van der Waals surface area contributed by atoms with Crippen LogP contribution >= 0.6 is 22.9 Å². The number of halogens is 4. The largest absolute Gasteiger partial charge is 0.433 e. The van der Waals surface area contributed by atoms with Crippen LogP contribution in [0, 0.1) is 0 Å². The van der Waals surface area contributed by atoms with Crippen LogP contribution in [0.3, 0.4) is 0 Å². The van der Waals surface area contributed by atoms with Gasteiger partial charge in [-0.3, -0.25) is 4.79 Å². The molecule has 0 unspecified atom stereocenters. The molecule has 170 valence electrons. The highest BCUT2D eigenvalue weighted by molar-refractivity contribution is 7.13. The van der Waals surface area contributed by atoms with E-state index < -0.39 is 17.8 Å². The third-order valence-electron chi connectivity index (χ3n) is 5.49. The fourth-order valence-electron chi connectivity index (χ4n) is 3.84. The van der Waals surface area contributed by atoms with E-state index in [1.54, 1.807) is 22.4 Å². The van der Waals surface area contributed by atoms with Crippen LogP contribution in [0.15, 0.2) is 53.9 Å². The average molecular weight is 492 g/mol. The number of fused-ring (bicyclic) bond motifs is 1. The number of carbonyl (C=O) groups excluding carboxylic acids is 1. The summed E-state index contributed by atoms with van der Waals surface area (Å²) in [6, 6.07) is 14.1. The zero-order valence-corrected chi connectivity index (χ0v) is 18.7. The quantitative estimate of drug-likeness (QED) is 0.400. The summed E-state index contributed by atoms with van der Waals surface area (Å²) in [5.41, 5.74) is -0.282. The Balaban J connectivity index is 1.47. The van der Waals surface area contributed by atoms with E-state index in [-0.39, 0.29) is 22.1 Å². The number of amides is 1. The van der Waals surface area contributed by atoms with Crippen LogP contribution in [-0.4, -0.2) is 51.6 Å². The molecule has 1 aliphatic rings. The lowest BCUT2D eigenvalue weighted by Crippen LogP contribution is -2.49. The molecule has 0 spiro atoms. The molecule has 1 fully saturated rings. The molecular weight excluding hydrogens is 475 g/mol. The van der Waals surface area contributed by atoms with Crippen LogP contribution in [-0.2, 0) is 6.18 Å². The Kier molecular flexibility index (Phi) is 5.49. The molecule has 0 bridgehead atoms. The van der Waals surface area contributed by atoms with Crippen molar-refractivity contribution >= 4 is 40.2 Å². The molecule has 11 heteroatoms. The van der Waals surface area contributed by atoms with Gasteiger partial charge in [0.1, 0.15) is 5.02 Å². The van der Waals surface area contributed by atoms with Crippen molar-refractivity contribution in [1.82, 2.24) is 19.5 Å². The third-order valence-corrected chi connectivity index (χ3v) is 6.73.